The second-order valence-corrected chi connectivity index (χ2v) is 10.2. The van der Waals surface area contributed by atoms with Gasteiger partial charge in [0.05, 0.1) is 11.1 Å². The second kappa shape index (κ2) is 11.2. The average molecular weight is 540 g/mol. The van der Waals surface area contributed by atoms with Crippen LogP contribution in [0.15, 0.2) is 72.8 Å². The molecule has 2 heterocycles. The summed E-state index contributed by atoms with van der Waals surface area (Å²) in [6, 6.07) is 21.2. The van der Waals surface area contributed by atoms with Crippen LogP contribution in [-0.4, -0.2) is 36.1 Å². The van der Waals surface area contributed by atoms with E-state index in [4.69, 9.17) is 16.3 Å². The number of alkyl halides is 3. The molecule has 5 rings (SSSR count). The number of aromatic nitrogens is 1. The molecule has 0 aliphatic carbocycles. The van der Waals surface area contributed by atoms with Gasteiger partial charge >= 0.3 is 6.18 Å². The zero-order valence-electron chi connectivity index (χ0n) is 21.1. The maximum Gasteiger partial charge on any atom is 0.416 e. The normalized spacial score (nSPS) is 15.1. The Hall–Kier alpha value is -3.29. The fourth-order valence-corrected chi connectivity index (χ4v) is 5.23. The molecule has 1 aliphatic rings. The van der Waals surface area contributed by atoms with Crippen molar-refractivity contribution in [1.29, 1.82) is 0 Å². The number of anilines is 2. The van der Waals surface area contributed by atoms with E-state index in [2.05, 4.69) is 21.3 Å². The zero-order chi connectivity index (χ0) is 26.7. The van der Waals surface area contributed by atoms with Crippen molar-refractivity contribution >= 4 is 33.9 Å². The van der Waals surface area contributed by atoms with E-state index in [0.29, 0.717) is 30.4 Å². The predicted molar refractivity (Wildman–Crippen MR) is 147 cm³/mol. The lowest BCUT2D eigenvalue weighted by Crippen LogP contribution is -2.35. The summed E-state index contributed by atoms with van der Waals surface area (Å²) in [5.41, 5.74) is 3.06. The number of benzene rings is 3. The molecule has 1 N–H and O–H groups in total. The first kappa shape index (κ1) is 26.3. The average Bonchev–Trinajstić information content (AvgIpc) is 2.88. The molecule has 0 atom stereocenters. The van der Waals surface area contributed by atoms with Gasteiger partial charge in [0.15, 0.2) is 0 Å². The van der Waals surface area contributed by atoms with Crippen LogP contribution in [-0.2, 0) is 6.18 Å². The van der Waals surface area contributed by atoms with E-state index < -0.39 is 11.7 Å². The van der Waals surface area contributed by atoms with Crippen LogP contribution >= 0.6 is 11.6 Å². The van der Waals surface area contributed by atoms with Gasteiger partial charge in [-0.15, -0.1) is 0 Å². The summed E-state index contributed by atoms with van der Waals surface area (Å²) in [4.78, 5) is 6.80. The first-order valence-electron chi connectivity index (χ1n) is 12.7. The van der Waals surface area contributed by atoms with E-state index in [1.807, 2.05) is 55.5 Å². The van der Waals surface area contributed by atoms with Crippen LogP contribution in [0.5, 0.6) is 5.75 Å². The molecule has 4 nitrogen and oxygen atoms in total. The third-order valence-corrected chi connectivity index (χ3v) is 7.18. The van der Waals surface area contributed by atoms with Gasteiger partial charge in [-0.05, 0) is 80.7 Å². The molecule has 0 saturated carbocycles. The van der Waals surface area contributed by atoms with Crippen LogP contribution in [0.4, 0.5) is 24.5 Å². The summed E-state index contributed by atoms with van der Waals surface area (Å²) >= 11 is 6.14. The van der Waals surface area contributed by atoms with Crippen LogP contribution in [0.2, 0.25) is 5.02 Å². The molecule has 3 aromatic carbocycles. The molecule has 0 radical (unpaired) electrons. The molecule has 8 heteroatoms. The molecule has 0 bridgehead atoms. The Balaban J connectivity index is 1.25. The molecule has 0 spiro atoms. The van der Waals surface area contributed by atoms with E-state index in [1.165, 1.54) is 5.56 Å². The van der Waals surface area contributed by atoms with Gasteiger partial charge in [-0.2, -0.15) is 13.2 Å². The number of para-hydroxylation sites is 1. The lowest BCUT2D eigenvalue weighted by Gasteiger charge is -2.32. The highest BCUT2D eigenvalue weighted by Gasteiger charge is 2.31. The number of halogens is 4. The van der Waals surface area contributed by atoms with Gasteiger partial charge < -0.3 is 10.1 Å². The molecule has 0 amide bonds. The number of ether oxygens (including phenoxy) is 1. The maximum atomic E-state index is 13.7. The minimum absolute atomic E-state index is 0.186. The highest BCUT2D eigenvalue weighted by molar-refractivity contribution is 6.30. The second-order valence-electron chi connectivity index (χ2n) is 9.72. The van der Waals surface area contributed by atoms with Gasteiger partial charge in [-0.3, -0.25) is 9.88 Å². The van der Waals surface area contributed by atoms with Crippen LogP contribution in [0.3, 0.4) is 0 Å². The van der Waals surface area contributed by atoms with Crippen LogP contribution in [0, 0.1) is 6.92 Å². The Labute approximate surface area is 225 Å². The number of hydrogen-bond acceptors (Lipinski definition) is 4. The summed E-state index contributed by atoms with van der Waals surface area (Å²) in [6.45, 7) is 4.63. The molecular weight excluding hydrogens is 511 g/mol. The van der Waals surface area contributed by atoms with Gasteiger partial charge in [-0.25, -0.2) is 0 Å². The van der Waals surface area contributed by atoms with Gasteiger partial charge in [0.1, 0.15) is 12.4 Å². The molecule has 0 unspecified atom stereocenters. The van der Waals surface area contributed by atoms with Crippen molar-refractivity contribution in [3.63, 3.8) is 0 Å². The van der Waals surface area contributed by atoms with Gasteiger partial charge in [0.2, 0.25) is 0 Å². The smallest absolute Gasteiger partial charge is 0.416 e. The molecule has 38 heavy (non-hydrogen) atoms. The summed E-state index contributed by atoms with van der Waals surface area (Å²) in [6.07, 6.45) is -2.47. The van der Waals surface area contributed by atoms with E-state index in [0.717, 1.165) is 59.7 Å². The quantitative estimate of drug-likeness (QED) is 0.257. The number of hydrogen-bond donors (Lipinski definition) is 1. The molecule has 1 fully saturated rings. The Morgan fingerprint density at radius 2 is 1.79 bits per heavy atom. The first-order chi connectivity index (χ1) is 18.2. The highest BCUT2D eigenvalue weighted by atomic mass is 35.5. The fourth-order valence-electron chi connectivity index (χ4n) is 5.03. The predicted octanol–water partition coefficient (Wildman–Crippen LogP) is 8.22. The van der Waals surface area contributed by atoms with Crippen molar-refractivity contribution in [3.05, 3.63) is 94.6 Å². The lowest BCUT2D eigenvalue weighted by atomic mass is 9.89. The molecule has 1 aromatic heterocycles. The van der Waals surface area contributed by atoms with Gasteiger partial charge in [0, 0.05) is 40.1 Å². The number of nitrogens with one attached hydrogen (secondary N) is 1. The maximum absolute atomic E-state index is 13.7. The Morgan fingerprint density at radius 3 is 2.55 bits per heavy atom. The Bertz CT molecular complexity index is 1420. The van der Waals surface area contributed by atoms with E-state index >= 15 is 0 Å². The van der Waals surface area contributed by atoms with Crippen molar-refractivity contribution in [1.82, 2.24) is 9.88 Å². The fraction of sp³-hybridized carbons (Fsp3) is 0.300. The summed E-state index contributed by atoms with van der Waals surface area (Å²) in [5.74, 6) is 0.655. The lowest BCUT2D eigenvalue weighted by molar-refractivity contribution is -0.137. The number of fused-ring (bicyclic) bond motifs is 1. The Morgan fingerprint density at radius 1 is 1.00 bits per heavy atom. The zero-order valence-corrected chi connectivity index (χ0v) is 21.8. The number of rotatable bonds is 7. The van der Waals surface area contributed by atoms with Crippen LogP contribution < -0.4 is 10.1 Å². The molecule has 1 aliphatic heterocycles. The topological polar surface area (TPSA) is 37.4 Å². The first-order valence-corrected chi connectivity index (χ1v) is 13.1. The summed E-state index contributed by atoms with van der Waals surface area (Å²) < 4.78 is 47.0. The number of pyridine rings is 1. The summed E-state index contributed by atoms with van der Waals surface area (Å²) in [5, 5.41) is 4.75. The van der Waals surface area contributed by atoms with E-state index in [9.17, 15) is 13.2 Å². The van der Waals surface area contributed by atoms with Crippen molar-refractivity contribution < 1.29 is 17.9 Å². The SMILES string of the molecule is Cc1cc(Nc2cc(OCCN3CCC(c4cccc(Cl)c4)CC3)cc(C(F)(F)F)c2)c2ccccc2n1. The minimum atomic E-state index is -4.49. The number of piperidine rings is 1. The third kappa shape index (κ3) is 6.40. The van der Waals surface area contributed by atoms with E-state index in [-0.39, 0.29) is 5.75 Å². The summed E-state index contributed by atoms with van der Waals surface area (Å²) in [7, 11) is 0. The Kier molecular flexibility index (Phi) is 7.77. The number of likely N-dealkylation sites (tertiary alicyclic amines) is 1. The highest BCUT2D eigenvalue weighted by Crippen LogP contribution is 2.36. The van der Waals surface area contributed by atoms with Crippen LogP contribution in [0.1, 0.15) is 35.6 Å². The largest absolute Gasteiger partial charge is 0.492 e. The van der Waals surface area contributed by atoms with Gasteiger partial charge in [0.25, 0.3) is 0 Å². The third-order valence-electron chi connectivity index (χ3n) is 6.94. The molecule has 4 aromatic rings. The number of nitrogens with zero attached hydrogens (tertiary/aromatic N) is 2. The van der Waals surface area contributed by atoms with E-state index in [1.54, 1.807) is 6.07 Å². The van der Waals surface area contributed by atoms with Crippen molar-refractivity contribution in [2.45, 2.75) is 31.9 Å². The molecule has 198 valence electrons. The standard InChI is InChI=1S/C30H29ClF3N3O/c1-20-15-29(27-7-2-3-8-28(27)35-20)36-25-17-23(30(32,33)34)18-26(19-25)38-14-13-37-11-9-21(10-12-37)22-5-4-6-24(31)16-22/h2-8,15-19,21H,9-14H2,1H3,(H,35,36). The molecular formula is C30H29ClF3N3O. The van der Waals surface area contributed by atoms with Crippen molar-refractivity contribution in [2.24, 2.45) is 0 Å². The monoisotopic (exact) mass is 539 g/mol. The van der Waals surface area contributed by atoms with Crippen molar-refractivity contribution in [2.75, 3.05) is 31.6 Å². The number of aryl methyl sites for hydroxylation is 1. The minimum Gasteiger partial charge on any atom is -0.492 e. The van der Waals surface area contributed by atoms with Crippen LogP contribution in [0.25, 0.3) is 10.9 Å². The van der Waals surface area contributed by atoms with Gasteiger partial charge in [-0.1, -0.05) is 41.9 Å². The molecule has 1 saturated heterocycles. The van der Waals surface area contributed by atoms with Crippen molar-refractivity contribution in [3.8, 4) is 5.75 Å².